The Kier molecular flexibility index (Phi) is 49.7. The molecule has 2 aliphatic heterocycles. The van der Waals surface area contributed by atoms with Crippen molar-refractivity contribution in [1.29, 1.82) is 0 Å². The number of benzene rings is 6. The van der Waals surface area contributed by atoms with Crippen LogP contribution in [0.1, 0.15) is 179 Å². The van der Waals surface area contributed by atoms with Gasteiger partial charge in [0.25, 0.3) is 0 Å². The van der Waals surface area contributed by atoms with Gasteiger partial charge in [0.1, 0.15) is 66.2 Å². The molecule has 11 amide bonds. The number of primary amides is 1. The Labute approximate surface area is 821 Å². The van der Waals surface area contributed by atoms with Gasteiger partial charge in [0, 0.05) is 108 Å². The molecule has 2 saturated heterocycles. The van der Waals surface area contributed by atoms with Crippen LogP contribution < -0.4 is 85.9 Å². The number of carbonyl (C=O) groups is 12. The van der Waals surface area contributed by atoms with Crippen LogP contribution >= 0.6 is 11.6 Å². The molecule has 2 aliphatic rings. The molecule has 20 N–H and O–H groups in total. The smallest absolute Gasteiger partial charge is 0.314 e. The van der Waals surface area contributed by atoms with Crippen molar-refractivity contribution in [2.24, 2.45) is 27.4 Å². The minimum absolute atomic E-state index is 0.0340. The van der Waals surface area contributed by atoms with Crippen LogP contribution in [0.3, 0.4) is 0 Å². The number of hydrogen-bond acceptors (Lipinski definition) is 20. The fraction of sp³-hybridized carbons (Fsp3) is 0.485. The second-order valence-electron chi connectivity index (χ2n) is 35.1. The fourth-order valence-corrected chi connectivity index (χ4v) is 16.4. The van der Waals surface area contributed by atoms with Crippen molar-refractivity contribution in [3.63, 3.8) is 0 Å². The van der Waals surface area contributed by atoms with E-state index >= 15 is 9.59 Å². The molecule has 35 nitrogen and oxygen atoms in total. The second kappa shape index (κ2) is 61.3. The lowest BCUT2D eigenvalue weighted by Gasteiger charge is -2.31. The number of guanidine groups is 2. The number of unbranched alkanes of at least 4 members (excludes halogenated alkanes) is 2. The quantitative estimate of drug-likeness (QED) is 0.00908. The van der Waals surface area contributed by atoms with Gasteiger partial charge in [-0.1, -0.05) is 165 Å². The van der Waals surface area contributed by atoms with Crippen molar-refractivity contribution in [2.45, 2.75) is 250 Å². The van der Waals surface area contributed by atoms with Crippen LogP contribution in [-0.2, 0) is 94.4 Å². The topological polar surface area (TPSA) is 516 Å². The van der Waals surface area contributed by atoms with Crippen LogP contribution in [-0.4, -0.2) is 242 Å². The molecule has 0 aliphatic carbocycles. The highest BCUT2D eigenvalue weighted by Gasteiger charge is 2.41. The van der Waals surface area contributed by atoms with E-state index in [1.54, 1.807) is 36.4 Å². The fourth-order valence-electron chi connectivity index (χ4n) is 16.3. The number of rotatable bonds is 49. The highest BCUT2D eigenvalue weighted by atomic mass is 35.5. The first kappa shape index (κ1) is 113. The number of amides is 11. The third-order valence-corrected chi connectivity index (χ3v) is 23.6. The average Bonchev–Trinajstić information content (AvgIpc) is 1.63. The maximum atomic E-state index is 15.2. The van der Waals surface area contributed by atoms with E-state index in [1.807, 2.05) is 139 Å². The third-order valence-electron chi connectivity index (χ3n) is 23.3. The molecule has 0 spiro atoms. The number of aromatic nitrogens is 1. The molecular formula is C103H145ClN20O15. The number of pyridine rings is 1. The van der Waals surface area contributed by atoms with Gasteiger partial charge >= 0.3 is 5.97 Å². The lowest BCUT2D eigenvalue weighted by atomic mass is 9.86. The van der Waals surface area contributed by atoms with Crippen molar-refractivity contribution >= 4 is 105 Å². The first-order valence-corrected chi connectivity index (χ1v) is 48.7. The van der Waals surface area contributed by atoms with Crippen LogP contribution in [0.2, 0.25) is 5.02 Å². The zero-order chi connectivity index (χ0) is 101. The molecule has 139 heavy (non-hydrogen) atoms. The van der Waals surface area contributed by atoms with Gasteiger partial charge in [0.2, 0.25) is 65.0 Å². The van der Waals surface area contributed by atoms with Crippen molar-refractivity contribution in [2.75, 3.05) is 66.1 Å². The number of nitrogens with zero attached hydrogens (tertiary/aromatic N) is 4. The molecule has 0 saturated carbocycles. The first-order chi connectivity index (χ1) is 66.8. The Balaban J connectivity index is 0.000000826. The van der Waals surface area contributed by atoms with Crippen LogP contribution in [0.25, 0.3) is 10.8 Å². The molecule has 3 unspecified atom stereocenters. The minimum Gasteiger partial charge on any atom is -0.508 e. The number of aromatic hydroxyl groups is 1. The normalized spacial score (nSPS) is 15.5. The molecule has 1 aromatic heterocycles. The van der Waals surface area contributed by atoms with E-state index in [0.29, 0.717) is 98.6 Å². The molecule has 2 fully saturated rings. The van der Waals surface area contributed by atoms with Gasteiger partial charge in [-0.15, -0.1) is 0 Å². The molecule has 754 valence electrons. The number of phenols is 1. The van der Waals surface area contributed by atoms with Crippen molar-refractivity contribution < 1.29 is 72.5 Å². The summed E-state index contributed by atoms with van der Waals surface area (Å²) >= 11 is 6.27. The number of nitrogens with one attached hydrogen (secondary N) is 14. The van der Waals surface area contributed by atoms with E-state index in [4.69, 9.17) is 27.8 Å². The summed E-state index contributed by atoms with van der Waals surface area (Å²) in [6.45, 7) is 19.3. The van der Waals surface area contributed by atoms with E-state index in [-0.39, 0.29) is 100.0 Å². The average molecular weight is 1940 g/mol. The Hall–Kier alpha value is -13.1. The number of esters is 1. The lowest BCUT2D eigenvalue weighted by Crippen LogP contribution is -2.61. The summed E-state index contributed by atoms with van der Waals surface area (Å²) in [5.74, 6) is -8.05. The number of ether oxygens (including phenoxy) is 1. The predicted octanol–water partition coefficient (Wildman–Crippen LogP) is 5.93. The number of hydrogen-bond donors (Lipinski definition) is 18. The molecule has 9 rings (SSSR count). The maximum absolute atomic E-state index is 15.2. The van der Waals surface area contributed by atoms with Crippen molar-refractivity contribution in [3.05, 3.63) is 215 Å². The molecule has 3 heterocycles. The van der Waals surface area contributed by atoms with Crippen LogP contribution in [0, 0.1) is 5.92 Å². The summed E-state index contributed by atoms with van der Waals surface area (Å²) in [6.07, 6.45) is 9.14. The first-order valence-electron chi connectivity index (χ1n) is 48.3. The molecule has 0 radical (unpaired) electrons. The zero-order valence-electron chi connectivity index (χ0n) is 81.7. The van der Waals surface area contributed by atoms with Crippen molar-refractivity contribution in [3.8, 4) is 5.75 Å². The van der Waals surface area contributed by atoms with E-state index in [2.05, 4.69) is 102 Å². The second-order valence-corrected chi connectivity index (χ2v) is 35.6. The number of piperidine rings is 1. The molecule has 7 aromatic rings. The standard InChI is InChI=1S/C80H113ClN18O13.C14H19NO2.C9H13N/c1-9-84-79(85-10-2)88-39-17-15-27-60(70(104)94-62(42-49(5)6)71(105)93-61(28-16-18-40-89-80(86-11-3)87-12-4)78(112)99-41-21-29-68(99)77(111)90-50(7)69(82)103)92-72(106)63(44-53-32-36-58(102)37-33-53)97-76(110)67(48-100)98-74(108)65(45-54-22-20-38-83-47-54)96-73(107)64(43-52-30-34-57(81)35-31-52)95-75(109)66(91-51(8)101)46-56-25-19-24-55-23-13-14-26-59(55)56;1-17-14(16)13(11-7-3-2-4-8-11)12-9-5-6-10-15-12;1-8(10)7-9-5-3-2-4-6-9/h13-14,19-20,22-26,30-38,47,49-50,60-68,100,102H,9-12,15-18,21,27-29,39-46,48H2,1-8H3,(H2,82,103)(H,90,111)(H,91,101)(H,92,106)(H,93,105)(H,94,104)(H,95,109)(H,96,107)(H,97,110)(H,98,108)(H2,84,85,88)(H2,86,87,89);2-4,7-8,12-13,15H,5-6,9-10H2,1H3;2-6,8H,7,10H2,1H3/t50-,60-,61+,62+,63+,64-,65-,66-,67+,68+;;/m1../s1. The van der Waals surface area contributed by atoms with Crippen LogP contribution in [0.15, 0.2) is 186 Å². The summed E-state index contributed by atoms with van der Waals surface area (Å²) in [5.41, 5.74) is 15.6. The summed E-state index contributed by atoms with van der Waals surface area (Å²) in [6, 6.07) is 35.8. The molecule has 0 bridgehead atoms. The number of halogens is 1. The number of phenolic OH excluding ortho intramolecular Hbond substituents is 1. The summed E-state index contributed by atoms with van der Waals surface area (Å²) in [4.78, 5) is 184. The SMILES string of the molecule is CC(N)Cc1ccccc1.CCNC(=NCCCC[C@H](NC(=O)[C@H](CC(C)C)NC(=O)[C@@H](CCCCN=C(NCC)NCC)NC(=O)[C@H](Cc1ccc(O)cc1)NC(=O)[C@H](CO)NC(=O)[C@@H](Cc1cccnc1)NC(=O)[C@@H](Cc1ccc(Cl)cc1)NC(=O)[C@@H](Cc1cccc2ccccc12)NC(C)=O)C(=O)N1CCC[C@H]1C(=O)N[C@H](C)C(N)=O)NCC.COC(=O)C(c1ccccc1)C1CCCCN1. The number of fused-ring (bicyclic) bond motifs is 1. The van der Waals surface area contributed by atoms with E-state index < -0.39 is 132 Å². The number of likely N-dealkylation sites (tertiary alicyclic amines) is 1. The molecule has 13 atom stereocenters. The number of aliphatic imine (C=N–C) groups is 2. The Morgan fingerprint density at radius 1 is 0.511 bits per heavy atom. The van der Waals surface area contributed by atoms with Gasteiger partial charge < -0.3 is 106 Å². The molecule has 36 heteroatoms. The summed E-state index contributed by atoms with van der Waals surface area (Å²) in [7, 11) is 1.46. The Morgan fingerprint density at radius 3 is 1.50 bits per heavy atom. The maximum Gasteiger partial charge on any atom is 0.314 e. The van der Waals surface area contributed by atoms with E-state index in [0.717, 1.165) is 41.3 Å². The van der Waals surface area contributed by atoms with Gasteiger partial charge in [-0.25, -0.2) is 0 Å². The Bertz CT molecular complexity index is 5060. The van der Waals surface area contributed by atoms with Crippen LogP contribution in [0.5, 0.6) is 5.75 Å². The van der Waals surface area contributed by atoms with Gasteiger partial charge in [-0.05, 0) is 206 Å². The number of methoxy groups -OCH3 is 1. The number of aliphatic hydroxyl groups is 1. The largest absolute Gasteiger partial charge is 0.508 e. The lowest BCUT2D eigenvalue weighted by molar-refractivity contribution is -0.143. The zero-order valence-corrected chi connectivity index (χ0v) is 82.5. The highest BCUT2D eigenvalue weighted by molar-refractivity contribution is 6.30. The van der Waals surface area contributed by atoms with E-state index in [9.17, 15) is 58.2 Å². The van der Waals surface area contributed by atoms with Crippen LogP contribution in [0.4, 0.5) is 0 Å². The van der Waals surface area contributed by atoms with Gasteiger partial charge in [0.15, 0.2) is 11.9 Å². The third kappa shape index (κ3) is 39.7. The van der Waals surface area contributed by atoms with Gasteiger partial charge in [-0.3, -0.25) is 72.5 Å². The number of aliphatic hydroxyl groups excluding tert-OH is 1. The summed E-state index contributed by atoms with van der Waals surface area (Å²) in [5, 5.41) is 64.3. The minimum atomic E-state index is -1.82. The number of carbonyl (C=O) groups excluding carboxylic acids is 12. The molecular weight excluding hydrogens is 1790 g/mol. The Morgan fingerprint density at radius 2 is 0.986 bits per heavy atom. The highest BCUT2D eigenvalue weighted by Crippen LogP contribution is 2.28. The van der Waals surface area contributed by atoms with E-state index in [1.165, 1.54) is 80.9 Å². The predicted molar refractivity (Wildman–Crippen MR) is 539 cm³/mol. The van der Waals surface area contributed by atoms with Crippen molar-refractivity contribution in [1.82, 2.24) is 84.3 Å². The monoisotopic (exact) mass is 1940 g/mol. The van der Waals surface area contributed by atoms with Gasteiger partial charge in [-0.2, -0.15) is 0 Å². The molecule has 6 aromatic carbocycles. The summed E-state index contributed by atoms with van der Waals surface area (Å²) < 4.78 is 4.94. The van der Waals surface area contributed by atoms with Gasteiger partial charge in [0.05, 0.1) is 19.6 Å². The number of nitrogens with two attached hydrogens (primary N) is 2.